The molecule has 0 radical (unpaired) electrons. The third-order valence-corrected chi connectivity index (χ3v) is 2.19. The van der Waals surface area contributed by atoms with Crippen LogP contribution < -0.4 is 5.32 Å². The fourth-order valence-corrected chi connectivity index (χ4v) is 1.37. The van der Waals surface area contributed by atoms with Crippen LogP contribution >= 0.6 is 11.6 Å². The maximum absolute atomic E-state index is 11.6. The van der Waals surface area contributed by atoms with E-state index >= 15 is 0 Å². The number of esters is 1. The number of ether oxygens (including phenoxy) is 2. The van der Waals surface area contributed by atoms with Gasteiger partial charge in [0.05, 0.1) is 24.6 Å². The molecule has 1 N–H and O–H groups in total. The lowest BCUT2D eigenvalue weighted by atomic mass is 10.2. The maximum Gasteiger partial charge on any atom is 0.412 e. The number of nitrogens with zero attached hydrogens (tertiary/aromatic N) is 1. The summed E-state index contributed by atoms with van der Waals surface area (Å²) in [7, 11) is 1.23. The van der Waals surface area contributed by atoms with Gasteiger partial charge < -0.3 is 9.47 Å². The lowest BCUT2D eigenvalue weighted by Crippen LogP contribution is -2.27. The van der Waals surface area contributed by atoms with E-state index in [9.17, 15) is 9.59 Å². The SMILES string of the molecule is COC(=O)c1cc(NC(=O)OC(C)(C)C)cnc1Cl. The molecular weight excluding hydrogens is 272 g/mol. The molecule has 19 heavy (non-hydrogen) atoms. The molecule has 1 aromatic rings. The maximum atomic E-state index is 11.6. The van der Waals surface area contributed by atoms with Gasteiger partial charge in [-0.15, -0.1) is 0 Å². The van der Waals surface area contributed by atoms with Gasteiger partial charge >= 0.3 is 12.1 Å². The first-order valence-electron chi connectivity index (χ1n) is 5.47. The second-order valence-corrected chi connectivity index (χ2v) is 5.04. The summed E-state index contributed by atoms with van der Waals surface area (Å²) in [5, 5.41) is 2.46. The zero-order chi connectivity index (χ0) is 14.6. The van der Waals surface area contributed by atoms with Crippen LogP contribution in [0.25, 0.3) is 0 Å². The van der Waals surface area contributed by atoms with Crippen LogP contribution in [0.15, 0.2) is 12.3 Å². The highest BCUT2D eigenvalue weighted by Gasteiger charge is 2.18. The molecule has 0 fully saturated rings. The standard InChI is InChI=1S/C12H15ClN2O4/c1-12(2,3)19-11(17)15-7-5-8(10(16)18-4)9(13)14-6-7/h5-6H,1-4H3,(H,15,17). The van der Waals surface area contributed by atoms with E-state index in [0.29, 0.717) is 5.69 Å². The van der Waals surface area contributed by atoms with Crippen LogP contribution in [0.3, 0.4) is 0 Å². The summed E-state index contributed by atoms with van der Waals surface area (Å²) in [6, 6.07) is 1.37. The number of rotatable bonds is 2. The first-order valence-corrected chi connectivity index (χ1v) is 5.84. The summed E-state index contributed by atoms with van der Waals surface area (Å²) in [5.41, 5.74) is -0.258. The van der Waals surface area contributed by atoms with Crippen molar-refractivity contribution in [1.29, 1.82) is 0 Å². The van der Waals surface area contributed by atoms with Crippen molar-refractivity contribution in [2.75, 3.05) is 12.4 Å². The van der Waals surface area contributed by atoms with Gasteiger partial charge in [0, 0.05) is 0 Å². The molecule has 1 amide bonds. The largest absolute Gasteiger partial charge is 0.465 e. The highest BCUT2D eigenvalue weighted by Crippen LogP contribution is 2.19. The predicted molar refractivity (Wildman–Crippen MR) is 70.4 cm³/mol. The summed E-state index contributed by atoms with van der Waals surface area (Å²) in [6.45, 7) is 5.23. The van der Waals surface area contributed by atoms with Gasteiger partial charge in [-0.3, -0.25) is 5.32 Å². The average Bonchev–Trinajstić information content (AvgIpc) is 2.28. The van der Waals surface area contributed by atoms with E-state index in [2.05, 4.69) is 15.0 Å². The Kier molecular flexibility index (Phi) is 4.72. The summed E-state index contributed by atoms with van der Waals surface area (Å²) in [6.07, 6.45) is 0.672. The van der Waals surface area contributed by atoms with Crippen LogP contribution in [0.4, 0.5) is 10.5 Å². The number of pyridine rings is 1. The quantitative estimate of drug-likeness (QED) is 0.668. The second-order valence-electron chi connectivity index (χ2n) is 4.68. The molecule has 0 spiro atoms. The molecule has 1 aromatic heterocycles. The first kappa shape index (κ1) is 15.2. The number of amides is 1. The number of carbonyl (C=O) groups is 2. The molecule has 6 nitrogen and oxygen atoms in total. The Balaban J connectivity index is 2.86. The van der Waals surface area contributed by atoms with Gasteiger partial charge in [-0.2, -0.15) is 0 Å². The van der Waals surface area contributed by atoms with Gasteiger partial charge in [0.1, 0.15) is 10.8 Å². The van der Waals surface area contributed by atoms with Gasteiger partial charge in [-0.25, -0.2) is 14.6 Å². The predicted octanol–water partition coefficient (Wildman–Crippen LogP) is 2.87. The lowest BCUT2D eigenvalue weighted by molar-refractivity contribution is 0.0596. The van der Waals surface area contributed by atoms with Crippen molar-refractivity contribution in [3.63, 3.8) is 0 Å². The number of methoxy groups -OCH3 is 1. The number of carbonyl (C=O) groups excluding carboxylic acids is 2. The average molecular weight is 287 g/mol. The molecule has 0 unspecified atom stereocenters. The van der Waals surface area contributed by atoms with E-state index in [4.69, 9.17) is 16.3 Å². The van der Waals surface area contributed by atoms with Gasteiger partial charge in [-0.1, -0.05) is 11.6 Å². The van der Waals surface area contributed by atoms with E-state index in [0.717, 1.165) is 0 Å². The Morgan fingerprint density at radius 1 is 1.37 bits per heavy atom. The van der Waals surface area contributed by atoms with Crippen molar-refractivity contribution in [2.45, 2.75) is 26.4 Å². The number of anilines is 1. The fourth-order valence-electron chi connectivity index (χ4n) is 1.19. The van der Waals surface area contributed by atoms with Gasteiger partial charge in [0.2, 0.25) is 0 Å². The van der Waals surface area contributed by atoms with Gasteiger partial charge in [0.15, 0.2) is 0 Å². The number of halogens is 1. The monoisotopic (exact) mass is 286 g/mol. The third-order valence-electron chi connectivity index (χ3n) is 1.89. The van der Waals surface area contributed by atoms with E-state index in [1.807, 2.05) is 0 Å². The highest BCUT2D eigenvalue weighted by molar-refractivity contribution is 6.32. The molecule has 0 bridgehead atoms. The molecule has 0 aliphatic carbocycles. The Morgan fingerprint density at radius 2 is 2.00 bits per heavy atom. The first-order chi connectivity index (χ1) is 8.73. The van der Waals surface area contributed by atoms with Crippen molar-refractivity contribution in [2.24, 2.45) is 0 Å². The van der Waals surface area contributed by atoms with E-state index in [1.54, 1.807) is 20.8 Å². The highest BCUT2D eigenvalue weighted by atomic mass is 35.5. The summed E-state index contributed by atoms with van der Waals surface area (Å²) < 4.78 is 9.62. The van der Waals surface area contributed by atoms with E-state index in [1.165, 1.54) is 19.4 Å². The summed E-state index contributed by atoms with van der Waals surface area (Å²) >= 11 is 5.76. The molecule has 7 heteroatoms. The molecule has 0 saturated heterocycles. The topological polar surface area (TPSA) is 77.5 Å². The van der Waals surface area contributed by atoms with E-state index < -0.39 is 17.7 Å². The Bertz CT molecular complexity index is 497. The van der Waals surface area contributed by atoms with Crippen LogP contribution in [0.5, 0.6) is 0 Å². The minimum atomic E-state index is -0.646. The van der Waals surface area contributed by atoms with Gasteiger partial charge in [-0.05, 0) is 26.8 Å². The van der Waals surface area contributed by atoms with Gasteiger partial charge in [0.25, 0.3) is 0 Å². The zero-order valence-corrected chi connectivity index (χ0v) is 11.9. The molecule has 1 rings (SSSR count). The normalized spacial score (nSPS) is 10.8. The van der Waals surface area contributed by atoms with Crippen LogP contribution in [-0.4, -0.2) is 29.8 Å². The summed E-state index contributed by atoms with van der Waals surface area (Å²) in [5.74, 6) is -0.634. The number of hydrogen-bond acceptors (Lipinski definition) is 5. The molecule has 1 heterocycles. The molecular formula is C12H15ClN2O4. The lowest BCUT2D eigenvalue weighted by Gasteiger charge is -2.19. The fraction of sp³-hybridized carbons (Fsp3) is 0.417. The molecule has 0 aliphatic heterocycles. The number of aromatic nitrogens is 1. The minimum absolute atomic E-state index is 0.00147. The molecule has 0 aliphatic rings. The summed E-state index contributed by atoms with van der Waals surface area (Å²) in [4.78, 5) is 26.8. The Morgan fingerprint density at radius 3 is 2.53 bits per heavy atom. The van der Waals surface area contributed by atoms with Crippen molar-refractivity contribution in [1.82, 2.24) is 4.98 Å². The molecule has 0 aromatic carbocycles. The van der Waals surface area contributed by atoms with Crippen LogP contribution in [0.1, 0.15) is 31.1 Å². The molecule has 0 atom stereocenters. The molecule has 104 valence electrons. The van der Waals surface area contributed by atoms with Crippen molar-refractivity contribution >= 4 is 29.4 Å². The third kappa shape index (κ3) is 4.75. The number of hydrogen-bond donors (Lipinski definition) is 1. The zero-order valence-electron chi connectivity index (χ0n) is 11.1. The smallest absolute Gasteiger partial charge is 0.412 e. The Hall–Kier alpha value is -1.82. The van der Waals surface area contributed by atoms with Crippen molar-refractivity contribution in [3.8, 4) is 0 Å². The van der Waals surface area contributed by atoms with Crippen LogP contribution in [0.2, 0.25) is 5.15 Å². The molecule has 0 saturated carbocycles. The minimum Gasteiger partial charge on any atom is -0.465 e. The van der Waals surface area contributed by atoms with Crippen LogP contribution in [0, 0.1) is 0 Å². The Labute approximate surface area is 116 Å². The number of nitrogens with one attached hydrogen (secondary N) is 1. The van der Waals surface area contributed by atoms with Crippen LogP contribution in [-0.2, 0) is 9.47 Å². The van der Waals surface area contributed by atoms with Crippen molar-refractivity contribution in [3.05, 3.63) is 23.0 Å². The second kappa shape index (κ2) is 5.88. The van der Waals surface area contributed by atoms with E-state index in [-0.39, 0.29) is 10.7 Å². The van der Waals surface area contributed by atoms with Crippen molar-refractivity contribution < 1.29 is 19.1 Å².